The quantitative estimate of drug-likeness (QED) is 0.389. The van der Waals surface area contributed by atoms with Crippen molar-refractivity contribution in [3.8, 4) is 0 Å². The van der Waals surface area contributed by atoms with Gasteiger partial charge in [0.1, 0.15) is 17.5 Å². The lowest BCUT2D eigenvalue weighted by molar-refractivity contribution is -0.123. The van der Waals surface area contributed by atoms with Crippen LogP contribution < -0.4 is 16.2 Å². The van der Waals surface area contributed by atoms with Gasteiger partial charge in [0.25, 0.3) is 5.56 Å². The van der Waals surface area contributed by atoms with Gasteiger partial charge in [-0.15, -0.1) is 0 Å². The lowest BCUT2D eigenvalue weighted by Crippen LogP contribution is -2.36. The number of nitrogens with one attached hydrogen (secondary N) is 3. The van der Waals surface area contributed by atoms with E-state index in [9.17, 15) is 23.2 Å². The Bertz CT molecular complexity index is 1230. The molecule has 0 spiro atoms. The maximum Gasteiger partial charge on any atom is 0.257 e. The summed E-state index contributed by atoms with van der Waals surface area (Å²) in [6.07, 6.45) is 0.434. The molecule has 0 unspecified atom stereocenters. The van der Waals surface area contributed by atoms with Gasteiger partial charge in [-0.05, 0) is 24.1 Å². The number of aryl methyl sites for hydroxylation is 1. The van der Waals surface area contributed by atoms with Gasteiger partial charge in [0, 0.05) is 18.2 Å². The summed E-state index contributed by atoms with van der Waals surface area (Å²) in [5.41, 5.74) is 0.165. The second kappa shape index (κ2) is 9.31. The summed E-state index contributed by atoms with van der Waals surface area (Å²) in [5.74, 6) is -3.44. The number of aromatic amines is 1. The minimum Gasteiger partial charge on any atom is -0.323 e. The normalized spacial score (nSPS) is 15.1. The fraction of sp³-hybridized carbons (Fsp3) is 0.182. The van der Waals surface area contributed by atoms with Gasteiger partial charge >= 0.3 is 0 Å². The van der Waals surface area contributed by atoms with E-state index in [1.165, 1.54) is 11.8 Å². The smallest absolute Gasteiger partial charge is 0.257 e. The molecular weight excluding hydrogens is 438 g/mol. The highest BCUT2D eigenvalue weighted by atomic mass is 32.2. The number of anilines is 2. The van der Waals surface area contributed by atoms with E-state index in [4.69, 9.17) is 0 Å². The number of amides is 2. The van der Waals surface area contributed by atoms with E-state index in [0.29, 0.717) is 10.9 Å². The maximum absolute atomic E-state index is 13.9. The van der Waals surface area contributed by atoms with Crippen molar-refractivity contribution in [3.63, 3.8) is 0 Å². The molecule has 0 aliphatic carbocycles. The number of H-pyrrole nitrogens is 1. The SMILES string of the molecule is O=C1C[C@H](C(=O)Nc2cc(F)ccc2F)c2c(nc(SCCc3ccccc3)[nH]c2=O)N1. The lowest BCUT2D eigenvalue weighted by Gasteiger charge is -2.23. The Morgan fingerprint density at radius 2 is 1.94 bits per heavy atom. The molecule has 164 valence electrons. The minimum absolute atomic E-state index is 0.00734. The van der Waals surface area contributed by atoms with Crippen LogP contribution in [0.3, 0.4) is 0 Å². The molecule has 4 rings (SSSR count). The van der Waals surface area contributed by atoms with Gasteiger partial charge in [-0.25, -0.2) is 13.8 Å². The van der Waals surface area contributed by atoms with Crippen LogP contribution in [0.15, 0.2) is 58.5 Å². The summed E-state index contributed by atoms with van der Waals surface area (Å²) in [7, 11) is 0. The van der Waals surface area contributed by atoms with E-state index < -0.39 is 34.9 Å². The highest BCUT2D eigenvalue weighted by Crippen LogP contribution is 2.31. The minimum atomic E-state index is -1.19. The molecule has 1 aliphatic heterocycles. The first kappa shape index (κ1) is 21.7. The van der Waals surface area contributed by atoms with Gasteiger partial charge in [0.2, 0.25) is 11.8 Å². The van der Waals surface area contributed by atoms with Crippen molar-refractivity contribution in [2.45, 2.75) is 23.9 Å². The molecule has 7 nitrogen and oxygen atoms in total. The molecule has 3 N–H and O–H groups in total. The highest BCUT2D eigenvalue weighted by molar-refractivity contribution is 7.99. The van der Waals surface area contributed by atoms with Crippen LogP contribution in [0.25, 0.3) is 0 Å². The van der Waals surface area contributed by atoms with Crippen LogP contribution >= 0.6 is 11.8 Å². The zero-order valence-electron chi connectivity index (χ0n) is 16.7. The third kappa shape index (κ3) is 4.86. The number of hydrogen-bond donors (Lipinski definition) is 3. The van der Waals surface area contributed by atoms with Gasteiger partial charge in [-0.3, -0.25) is 14.4 Å². The summed E-state index contributed by atoms with van der Waals surface area (Å²) in [5, 5.41) is 5.09. The molecule has 0 saturated carbocycles. The van der Waals surface area contributed by atoms with Gasteiger partial charge in [0.05, 0.1) is 17.2 Å². The first-order valence-corrected chi connectivity index (χ1v) is 10.8. The second-order valence-corrected chi connectivity index (χ2v) is 8.22. The molecule has 0 saturated heterocycles. The summed E-state index contributed by atoms with van der Waals surface area (Å²) >= 11 is 1.31. The van der Waals surface area contributed by atoms with Gasteiger partial charge < -0.3 is 15.6 Å². The van der Waals surface area contributed by atoms with Gasteiger partial charge in [-0.2, -0.15) is 0 Å². The Morgan fingerprint density at radius 3 is 2.72 bits per heavy atom. The van der Waals surface area contributed by atoms with E-state index >= 15 is 0 Å². The summed E-state index contributed by atoms with van der Waals surface area (Å²) < 4.78 is 27.3. The van der Waals surface area contributed by atoms with Crippen LogP contribution in [0.4, 0.5) is 20.3 Å². The van der Waals surface area contributed by atoms with Crippen molar-refractivity contribution < 1.29 is 18.4 Å². The van der Waals surface area contributed by atoms with Crippen LogP contribution in [0.1, 0.15) is 23.5 Å². The molecule has 10 heteroatoms. The third-order valence-electron chi connectivity index (χ3n) is 4.90. The molecule has 32 heavy (non-hydrogen) atoms. The Balaban J connectivity index is 1.54. The number of carbonyl (C=O) groups excluding carboxylic acids is 2. The number of hydrogen-bond acceptors (Lipinski definition) is 5. The van der Waals surface area contributed by atoms with Crippen molar-refractivity contribution in [3.05, 3.63) is 81.6 Å². The van der Waals surface area contributed by atoms with E-state index in [1.807, 2.05) is 30.3 Å². The third-order valence-corrected chi connectivity index (χ3v) is 5.78. The zero-order chi connectivity index (χ0) is 22.7. The average Bonchev–Trinajstić information content (AvgIpc) is 2.76. The van der Waals surface area contributed by atoms with Crippen LogP contribution in [-0.2, 0) is 16.0 Å². The number of nitrogens with zero attached hydrogens (tertiary/aromatic N) is 1. The molecule has 2 heterocycles. The summed E-state index contributed by atoms with van der Waals surface area (Å²) in [6, 6.07) is 12.4. The van der Waals surface area contributed by atoms with Crippen molar-refractivity contribution in [1.29, 1.82) is 0 Å². The predicted molar refractivity (Wildman–Crippen MR) is 117 cm³/mol. The molecule has 3 aromatic rings. The van der Waals surface area contributed by atoms with Crippen molar-refractivity contribution in [2.75, 3.05) is 16.4 Å². The van der Waals surface area contributed by atoms with Crippen molar-refractivity contribution >= 4 is 35.1 Å². The Kier molecular flexibility index (Phi) is 6.31. The van der Waals surface area contributed by atoms with Gasteiger partial charge in [0.15, 0.2) is 5.16 Å². The van der Waals surface area contributed by atoms with Crippen LogP contribution in [0.5, 0.6) is 0 Å². The van der Waals surface area contributed by atoms with Crippen molar-refractivity contribution in [1.82, 2.24) is 9.97 Å². The Morgan fingerprint density at radius 1 is 1.16 bits per heavy atom. The topological polar surface area (TPSA) is 104 Å². The highest BCUT2D eigenvalue weighted by Gasteiger charge is 2.35. The first-order valence-electron chi connectivity index (χ1n) is 9.77. The molecule has 0 radical (unpaired) electrons. The molecule has 1 atom stereocenters. The van der Waals surface area contributed by atoms with Crippen molar-refractivity contribution in [2.24, 2.45) is 0 Å². The Labute approximate surface area is 185 Å². The first-order chi connectivity index (χ1) is 15.4. The van der Waals surface area contributed by atoms with Crippen LogP contribution in [-0.4, -0.2) is 27.5 Å². The number of benzene rings is 2. The molecular formula is C22H18F2N4O3S. The second-order valence-electron chi connectivity index (χ2n) is 7.14. The number of halogens is 2. The average molecular weight is 456 g/mol. The summed E-state index contributed by atoms with van der Waals surface area (Å²) in [6.45, 7) is 0. The molecule has 1 aromatic heterocycles. The van der Waals surface area contributed by atoms with E-state index in [1.54, 1.807) is 0 Å². The van der Waals surface area contributed by atoms with Crippen LogP contribution in [0, 0.1) is 11.6 Å². The largest absolute Gasteiger partial charge is 0.323 e. The number of aromatic nitrogens is 2. The predicted octanol–water partition coefficient (Wildman–Crippen LogP) is 3.45. The lowest BCUT2D eigenvalue weighted by atomic mass is 9.92. The monoisotopic (exact) mass is 456 g/mol. The number of rotatable bonds is 6. The molecule has 2 aromatic carbocycles. The van der Waals surface area contributed by atoms with E-state index in [2.05, 4.69) is 20.6 Å². The molecule has 0 fully saturated rings. The fourth-order valence-electron chi connectivity index (χ4n) is 3.37. The van der Waals surface area contributed by atoms with Crippen LogP contribution in [0.2, 0.25) is 0 Å². The number of carbonyl (C=O) groups is 2. The zero-order valence-corrected chi connectivity index (χ0v) is 17.5. The number of thioether (sulfide) groups is 1. The standard InChI is InChI=1S/C22H18F2N4O3S/c23-13-6-7-15(24)16(10-13)25-20(30)14-11-17(29)26-19-18(14)21(31)28-22(27-19)32-9-8-12-4-2-1-3-5-12/h1-7,10,14H,8-9,11H2,(H,25,30)(H2,26,27,28,29,31)/t14-/m0/s1. The molecule has 2 amide bonds. The van der Waals surface area contributed by atoms with Gasteiger partial charge in [-0.1, -0.05) is 42.1 Å². The fourth-order valence-corrected chi connectivity index (χ4v) is 4.22. The molecule has 1 aliphatic rings. The number of fused-ring (bicyclic) bond motifs is 1. The maximum atomic E-state index is 13.9. The van der Waals surface area contributed by atoms with E-state index in [0.717, 1.165) is 30.2 Å². The molecule has 0 bridgehead atoms. The Hall–Kier alpha value is -3.53. The summed E-state index contributed by atoms with van der Waals surface area (Å²) in [4.78, 5) is 44.6. The van der Waals surface area contributed by atoms with E-state index in [-0.39, 0.29) is 23.5 Å².